The molecule has 0 fully saturated rings. The fourth-order valence-corrected chi connectivity index (χ4v) is 2.76. The fourth-order valence-electron chi connectivity index (χ4n) is 2.54. The van der Waals surface area contributed by atoms with Gasteiger partial charge in [-0.05, 0) is 30.2 Å². The van der Waals surface area contributed by atoms with Crippen molar-refractivity contribution in [2.45, 2.75) is 19.9 Å². The summed E-state index contributed by atoms with van der Waals surface area (Å²) >= 11 is 5.98. The molecular weight excluding hydrogens is 433 g/mol. The van der Waals surface area contributed by atoms with Crippen molar-refractivity contribution in [3.63, 3.8) is 0 Å². The van der Waals surface area contributed by atoms with Gasteiger partial charge in [0.2, 0.25) is 0 Å². The highest BCUT2D eigenvalue weighted by Crippen LogP contribution is 2.24. The lowest BCUT2D eigenvalue weighted by Gasteiger charge is -2.21. The van der Waals surface area contributed by atoms with Crippen LogP contribution in [0.3, 0.4) is 0 Å². The molecule has 0 aliphatic heterocycles. The number of nitro groups is 1. The van der Waals surface area contributed by atoms with E-state index in [1.165, 1.54) is 12.1 Å². The van der Waals surface area contributed by atoms with Crippen molar-refractivity contribution in [2.75, 3.05) is 11.9 Å². The summed E-state index contributed by atoms with van der Waals surface area (Å²) in [6.07, 6.45) is 0. The average Bonchev–Trinajstić information content (AvgIpc) is 2.71. The van der Waals surface area contributed by atoms with Gasteiger partial charge in [-0.15, -0.1) is 0 Å². The van der Waals surface area contributed by atoms with Crippen LogP contribution in [0.25, 0.3) is 0 Å². The fraction of sp³-hybridized carbons (Fsp3) is 0.250. The summed E-state index contributed by atoms with van der Waals surface area (Å²) < 4.78 is 18.1. The summed E-state index contributed by atoms with van der Waals surface area (Å²) in [6.45, 7) is 2.57. The number of anilines is 1. The van der Waals surface area contributed by atoms with Crippen molar-refractivity contribution >= 4 is 40.8 Å². The molecule has 0 saturated carbocycles. The summed E-state index contributed by atoms with van der Waals surface area (Å²) in [5, 5.41) is 15.9. The van der Waals surface area contributed by atoms with E-state index in [0.29, 0.717) is 6.07 Å². The van der Waals surface area contributed by atoms with Gasteiger partial charge < -0.3 is 15.4 Å². The van der Waals surface area contributed by atoms with E-state index in [9.17, 15) is 28.9 Å². The zero-order valence-electron chi connectivity index (χ0n) is 16.6. The van der Waals surface area contributed by atoms with Gasteiger partial charge in [-0.25, -0.2) is 9.18 Å². The topological polar surface area (TPSA) is 128 Å². The number of rotatable bonds is 8. The van der Waals surface area contributed by atoms with Crippen molar-refractivity contribution < 1.29 is 28.4 Å². The van der Waals surface area contributed by atoms with E-state index in [0.717, 1.165) is 12.1 Å². The smallest absolute Gasteiger partial charge is 0.329 e. The Morgan fingerprint density at radius 2 is 1.87 bits per heavy atom. The number of nitrogens with one attached hydrogen (secondary N) is 2. The van der Waals surface area contributed by atoms with Gasteiger partial charge in [0.1, 0.15) is 17.5 Å². The maximum Gasteiger partial charge on any atom is 0.329 e. The second kappa shape index (κ2) is 10.5. The molecule has 9 nitrogen and oxygen atoms in total. The standard InChI is InChI=1S/C20H19ClFN3O6/c1-11(2)18(24-19(27)13-5-3-4-6-14(13)21)20(28)31-10-17(26)23-15-8-7-12(22)9-16(15)25(29)30/h3-9,11,18H,10H2,1-2H3,(H,23,26)(H,24,27). The molecule has 164 valence electrons. The van der Waals surface area contributed by atoms with Gasteiger partial charge in [-0.3, -0.25) is 19.7 Å². The lowest BCUT2D eigenvalue weighted by Crippen LogP contribution is -2.46. The van der Waals surface area contributed by atoms with Crippen LogP contribution < -0.4 is 10.6 Å². The van der Waals surface area contributed by atoms with Gasteiger partial charge in [0.05, 0.1) is 21.6 Å². The lowest BCUT2D eigenvalue weighted by atomic mass is 10.0. The number of benzene rings is 2. The molecule has 0 saturated heterocycles. The summed E-state index contributed by atoms with van der Waals surface area (Å²) in [4.78, 5) is 47.0. The predicted octanol–water partition coefficient (Wildman–Crippen LogP) is 3.32. The van der Waals surface area contributed by atoms with E-state index in [1.807, 2.05) is 0 Å². The number of nitro benzene ring substituents is 1. The van der Waals surface area contributed by atoms with Crippen molar-refractivity contribution in [3.8, 4) is 0 Å². The van der Waals surface area contributed by atoms with Gasteiger partial charge in [0.25, 0.3) is 17.5 Å². The Hall–Kier alpha value is -3.53. The van der Waals surface area contributed by atoms with E-state index >= 15 is 0 Å². The SMILES string of the molecule is CC(C)C(NC(=O)c1ccccc1Cl)C(=O)OCC(=O)Nc1ccc(F)cc1[N+](=O)[O-]. The van der Waals surface area contributed by atoms with E-state index in [2.05, 4.69) is 10.6 Å². The zero-order valence-corrected chi connectivity index (χ0v) is 17.3. The van der Waals surface area contributed by atoms with E-state index in [4.69, 9.17) is 16.3 Å². The highest BCUT2D eigenvalue weighted by Gasteiger charge is 2.27. The van der Waals surface area contributed by atoms with Gasteiger partial charge in [0, 0.05) is 0 Å². The first-order valence-electron chi connectivity index (χ1n) is 9.06. The number of carbonyl (C=O) groups excluding carboxylic acids is 3. The first kappa shape index (κ1) is 23.7. The number of carbonyl (C=O) groups is 3. The normalized spacial score (nSPS) is 11.5. The Kier molecular flexibility index (Phi) is 8.03. The first-order chi connectivity index (χ1) is 14.6. The number of ether oxygens (including phenoxy) is 1. The van der Waals surface area contributed by atoms with Crippen LogP contribution in [0.1, 0.15) is 24.2 Å². The minimum absolute atomic E-state index is 0.170. The predicted molar refractivity (Wildman–Crippen MR) is 110 cm³/mol. The molecule has 0 spiro atoms. The minimum atomic E-state index is -1.07. The molecule has 0 heterocycles. The van der Waals surface area contributed by atoms with Crippen molar-refractivity contribution in [2.24, 2.45) is 5.92 Å². The third-order valence-corrected chi connectivity index (χ3v) is 4.43. The average molecular weight is 452 g/mol. The maximum absolute atomic E-state index is 13.2. The van der Waals surface area contributed by atoms with Gasteiger partial charge in [-0.2, -0.15) is 0 Å². The molecule has 1 atom stereocenters. The van der Waals surface area contributed by atoms with Gasteiger partial charge >= 0.3 is 5.97 Å². The number of nitrogens with zero attached hydrogens (tertiary/aromatic N) is 1. The van der Waals surface area contributed by atoms with Crippen LogP contribution >= 0.6 is 11.6 Å². The summed E-state index contributed by atoms with van der Waals surface area (Å²) in [7, 11) is 0. The van der Waals surface area contributed by atoms with E-state index in [-0.39, 0.29) is 22.2 Å². The third kappa shape index (κ3) is 6.48. The van der Waals surface area contributed by atoms with Crippen LogP contribution in [0.15, 0.2) is 42.5 Å². The largest absolute Gasteiger partial charge is 0.454 e. The zero-order chi connectivity index (χ0) is 23.1. The van der Waals surface area contributed by atoms with Crippen molar-refractivity contribution in [3.05, 3.63) is 69.0 Å². The Morgan fingerprint density at radius 1 is 1.19 bits per heavy atom. The van der Waals surface area contributed by atoms with Gasteiger partial charge in [0.15, 0.2) is 6.61 Å². The highest BCUT2D eigenvalue weighted by molar-refractivity contribution is 6.33. The molecule has 0 aliphatic rings. The van der Waals surface area contributed by atoms with Crippen LogP contribution in [0, 0.1) is 21.8 Å². The van der Waals surface area contributed by atoms with E-state index < -0.39 is 46.9 Å². The second-order valence-electron chi connectivity index (χ2n) is 6.75. The highest BCUT2D eigenvalue weighted by atomic mass is 35.5. The molecule has 2 aromatic rings. The molecular formula is C20H19ClFN3O6. The first-order valence-corrected chi connectivity index (χ1v) is 9.43. The van der Waals surface area contributed by atoms with Gasteiger partial charge in [-0.1, -0.05) is 37.6 Å². The maximum atomic E-state index is 13.2. The Bertz CT molecular complexity index is 1010. The van der Waals surface area contributed by atoms with Crippen LogP contribution in [0.4, 0.5) is 15.8 Å². The summed E-state index contributed by atoms with van der Waals surface area (Å²) in [6, 6.07) is 7.82. The monoisotopic (exact) mass is 451 g/mol. The molecule has 2 N–H and O–H groups in total. The second-order valence-corrected chi connectivity index (χ2v) is 7.16. The minimum Gasteiger partial charge on any atom is -0.454 e. The summed E-state index contributed by atoms with van der Waals surface area (Å²) in [5.41, 5.74) is -0.726. The molecule has 1 unspecified atom stereocenters. The molecule has 31 heavy (non-hydrogen) atoms. The summed E-state index contributed by atoms with van der Waals surface area (Å²) in [5.74, 6) is -3.56. The molecule has 0 radical (unpaired) electrons. The molecule has 2 amide bonds. The Labute approximate surface area is 181 Å². The van der Waals surface area contributed by atoms with Crippen molar-refractivity contribution in [1.29, 1.82) is 0 Å². The number of amides is 2. The van der Waals surface area contributed by atoms with Crippen molar-refractivity contribution in [1.82, 2.24) is 5.32 Å². The molecule has 2 rings (SSSR count). The number of halogens is 2. The third-order valence-electron chi connectivity index (χ3n) is 4.10. The molecule has 0 bridgehead atoms. The van der Waals surface area contributed by atoms with E-state index in [1.54, 1.807) is 26.0 Å². The number of hydrogen-bond donors (Lipinski definition) is 2. The van der Waals surface area contributed by atoms with Crippen LogP contribution in [-0.4, -0.2) is 35.4 Å². The number of esters is 1. The lowest BCUT2D eigenvalue weighted by molar-refractivity contribution is -0.384. The van der Waals surface area contributed by atoms with Crippen LogP contribution in [0.5, 0.6) is 0 Å². The van der Waals surface area contributed by atoms with Crippen LogP contribution in [0.2, 0.25) is 5.02 Å². The Morgan fingerprint density at radius 3 is 2.48 bits per heavy atom. The molecule has 11 heteroatoms. The molecule has 0 aliphatic carbocycles. The molecule has 2 aromatic carbocycles. The quantitative estimate of drug-likeness (QED) is 0.360. The molecule has 0 aromatic heterocycles. The Balaban J connectivity index is 2.00. The number of hydrogen-bond acceptors (Lipinski definition) is 6. The van der Waals surface area contributed by atoms with Crippen LogP contribution in [-0.2, 0) is 14.3 Å².